The van der Waals surface area contributed by atoms with Crippen molar-refractivity contribution < 1.29 is 33.5 Å². The standard InChI is InChI=1S/C14H21N3O7/c1-14(2,3)23-13(22)16-8(4-5-9(15)18)12(21)24-17-10(19)6-7-11(17)20/h8H,4-7H2,1-3H3,(H2,15,18)(H,16,22)/t8-/m1/s1. The van der Waals surface area contributed by atoms with Crippen molar-refractivity contribution in [2.75, 3.05) is 0 Å². The highest BCUT2D eigenvalue weighted by Gasteiger charge is 2.35. The lowest BCUT2D eigenvalue weighted by Gasteiger charge is -2.23. The van der Waals surface area contributed by atoms with Crippen LogP contribution in [-0.2, 0) is 28.8 Å². The summed E-state index contributed by atoms with van der Waals surface area (Å²) in [7, 11) is 0. The molecule has 0 spiro atoms. The normalized spacial score (nSPS) is 15.9. The molecule has 0 aromatic rings. The van der Waals surface area contributed by atoms with Crippen LogP contribution in [0.2, 0.25) is 0 Å². The van der Waals surface area contributed by atoms with Gasteiger partial charge in [0.1, 0.15) is 11.6 Å². The fourth-order valence-corrected chi connectivity index (χ4v) is 1.80. The number of alkyl carbamates (subject to hydrolysis) is 1. The number of ether oxygens (including phenoxy) is 1. The summed E-state index contributed by atoms with van der Waals surface area (Å²) in [6.45, 7) is 4.89. The maximum Gasteiger partial charge on any atom is 0.408 e. The predicted octanol–water partition coefficient (Wildman–Crippen LogP) is -0.248. The Morgan fingerprint density at radius 3 is 2.21 bits per heavy atom. The largest absolute Gasteiger partial charge is 0.444 e. The van der Waals surface area contributed by atoms with Crippen molar-refractivity contribution in [2.45, 2.75) is 58.1 Å². The predicted molar refractivity (Wildman–Crippen MR) is 78.8 cm³/mol. The molecule has 1 heterocycles. The SMILES string of the molecule is CC(C)(C)OC(=O)N[C@H](CCC(N)=O)C(=O)ON1C(=O)CCC1=O. The van der Waals surface area contributed by atoms with E-state index in [0.29, 0.717) is 5.06 Å². The van der Waals surface area contributed by atoms with Crippen LogP contribution in [0.15, 0.2) is 0 Å². The van der Waals surface area contributed by atoms with Gasteiger partial charge in [-0.2, -0.15) is 0 Å². The molecule has 3 N–H and O–H groups in total. The molecule has 24 heavy (non-hydrogen) atoms. The lowest BCUT2D eigenvalue weighted by atomic mass is 10.1. The topological polar surface area (TPSA) is 145 Å². The van der Waals surface area contributed by atoms with E-state index in [1.54, 1.807) is 20.8 Å². The maximum absolute atomic E-state index is 12.1. The lowest BCUT2D eigenvalue weighted by Crippen LogP contribution is -2.47. The van der Waals surface area contributed by atoms with Crippen molar-refractivity contribution >= 4 is 29.8 Å². The quantitative estimate of drug-likeness (QED) is 0.632. The van der Waals surface area contributed by atoms with Gasteiger partial charge in [-0.3, -0.25) is 14.4 Å². The molecule has 1 aliphatic rings. The van der Waals surface area contributed by atoms with Crippen LogP contribution in [0.3, 0.4) is 0 Å². The van der Waals surface area contributed by atoms with Gasteiger partial charge in [-0.25, -0.2) is 9.59 Å². The maximum atomic E-state index is 12.1. The van der Waals surface area contributed by atoms with E-state index in [1.807, 2.05) is 0 Å². The number of primary amides is 1. The molecule has 0 saturated carbocycles. The Bertz CT molecular complexity index is 537. The van der Waals surface area contributed by atoms with Crippen molar-refractivity contribution in [3.63, 3.8) is 0 Å². The van der Waals surface area contributed by atoms with E-state index < -0.39 is 41.4 Å². The van der Waals surface area contributed by atoms with Gasteiger partial charge in [0.25, 0.3) is 11.8 Å². The number of carbonyl (C=O) groups is 5. The van der Waals surface area contributed by atoms with E-state index in [1.165, 1.54) is 0 Å². The molecule has 10 heteroatoms. The fraction of sp³-hybridized carbons (Fsp3) is 0.643. The Labute approximate surface area is 138 Å². The van der Waals surface area contributed by atoms with E-state index in [0.717, 1.165) is 0 Å². The second-order valence-corrected chi connectivity index (χ2v) is 6.20. The zero-order chi connectivity index (χ0) is 18.5. The molecule has 1 rings (SSSR count). The van der Waals surface area contributed by atoms with Crippen LogP contribution >= 0.6 is 0 Å². The monoisotopic (exact) mass is 343 g/mol. The Hall–Kier alpha value is -2.65. The molecule has 1 aliphatic heterocycles. The van der Waals surface area contributed by atoms with E-state index in [2.05, 4.69) is 5.32 Å². The molecular formula is C14H21N3O7. The number of rotatable bonds is 6. The number of nitrogens with zero attached hydrogens (tertiary/aromatic N) is 1. The molecule has 0 bridgehead atoms. The molecule has 0 unspecified atom stereocenters. The van der Waals surface area contributed by atoms with Gasteiger partial charge in [0.05, 0.1) is 0 Å². The molecular weight excluding hydrogens is 322 g/mol. The number of nitrogens with one attached hydrogen (secondary N) is 1. The number of hydroxylamine groups is 2. The molecule has 0 aromatic heterocycles. The third-order valence-electron chi connectivity index (χ3n) is 2.84. The average Bonchev–Trinajstić information content (AvgIpc) is 2.73. The summed E-state index contributed by atoms with van der Waals surface area (Å²) in [6, 6.07) is -1.30. The summed E-state index contributed by atoms with van der Waals surface area (Å²) in [5.41, 5.74) is 4.23. The Morgan fingerprint density at radius 2 is 1.75 bits per heavy atom. The molecule has 0 aliphatic carbocycles. The minimum absolute atomic E-state index is 0.0580. The first-order valence-corrected chi connectivity index (χ1v) is 7.35. The summed E-state index contributed by atoms with van der Waals surface area (Å²) in [4.78, 5) is 62.4. The minimum atomic E-state index is -1.30. The van der Waals surface area contributed by atoms with Crippen LogP contribution in [0.4, 0.5) is 4.79 Å². The van der Waals surface area contributed by atoms with Gasteiger partial charge < -0.3 is 20.6 Å². The van der Waals surface area contributed by atoms with Crippen molar-refractivity contribution in [2.24, 2.45) is 5.73 Å². The summed E-state index contributed by atoms with van der Waals surface area (Å²) in [5.74, 6) is -3.06. The number of carbonyl (C=O) groups excluding carboxylic acids is 5. The number of hydrogen-bond acceptors (Lipinski definition) is 7. The molecule has 10 nitrogen and oxygen atoms in total. The third-order valence-corrected chi connectivity index (χ3v) is 2.84. The van der Waals surface area contributed by atoms with Crippen LogP contribution in [-0.4, -0.2) is 46.5 Å². The van der Waals surface area contributed by atoms with E-state index in [4.69, 9.17) is 15.3 Å². The highest BCUT2D eigenvalue weighted by atomic mass is 16.7. The van der Waals surface area contributed by atoms with Gasteiger partial charge in [0, 0.05) is 19.3 Å². The number of amides is 4. The molecule has 4 amide bonds. The summed E-state index contributed by atoms with van der Waals surface area (Å²) in [5, 5.41) is 2.60. The smallest absolute Gasteiger partial charge is 0.408 e. The second-order valence-electron chi connectivity index (χ2n) is 6.20. The van der Waals surface area contributed by atoms with Gasteiger partial charge in [0.2, 0.25) is 5.91 Å². The number of hydrogen-bond donors (Lipinski definition) is 2. The van der Waals surface area contributed by atoms with Crippen LogP contribution in [0.25, 0.3) is 0 Å². The van der Waals surface area contributed by atoms with Gasteiger partial charge >= 0.3 is 12.1 Å². The Morgan fingerprint density at radius 1 is 1.21 bits per heavy atom. The van der Waals surface area contributed by atoms with Gasteiger partial charge in [-0.05, 0) is 27.2 Å². The Kier molecular flexibility index (Phi) is 6.27. The molecule has 1 saturated heterocycles. The average molecular weight is 343 g/mol. The first-order chi connectivity index (χ1) is 11.0. The first-order valence-electron chi connectivity index (χ1n) is 7.35. The van der Waals surface area contributed by atoms with Crippen molar-refractivity contribution in [1.82, 2.24) is 10.4 Å². The van der Waals surface area contributed by atoms with Crippen LogP contribution in [0.5, 0.6) is 0 Å². The van der Waals surface area contributed by atoms with Gasteiger partial charge in [-0.1, -0.05) is 0 Å². The molecule has 134 valence electrons. The van der Waals surface area contributed by atoms with Crippen molar-refractivity contribution in [3.8, 4) is 0 Å². The summed E-state index contributed by atoms with van der Waals surface area (Å²) < 4.78 is 5.02. The fourth-order valence-electron chi connectivity index (χ4n) is 1.80. The van der Waals surface area contributed by atoms with Crippen molar-refractivity contribution in [3.05, 3.63) is 0 Å². The van der Waals surface area contributed by atoms with Gasteiger partial charge in [0.15, 0.2) is 0 Å². The lowest BCUT2D eigenvalue weighted by molar-refractivity contribution is -0.199. The third kappa shape index (κ3) is 6.23. The van der Waals surface area contributed by atoms with Crippen LogP contribution in [0, 0.1) is 0 Å². The zero-order valence-electron chi connectivity index (χ0n) is 13.8. The number of nitrogens with two attached hydrogens (primary N) is 1. The van der Waals surface area contributed by atoms with Gasteiger partial charge in [-0.15, -0.1) is 5.06 Å². The van der Waals surface area contributed by atoms with E-state index >= 15 is 0 Å². The first kappa shape index (κ1) is 19.4. The van der Waals surface area contributed by atoms with E-state index in [-0.39, 0.29) is 25.7 Å². The molecule has 1 atom stereocenters. The van der Waals surface area contributed by atoms with Crippen molar-refractivity contribution in [1.29, 1.82) is 0 Å². The van der Waals surface area contributed by atoms with Crippen LogP contribution < -0.4 is 11.1 Å². The molecule has 0 aromatic carbocycles. The highest BCUT2D eigenvalue weighted by Crippen LogP contribution is 2.14. The van der Waals surface area contributed by atoms with Crippen LogP contribution in [0.1, 0.15) is 46.5 Å². The zero-order valence-corrected chi connectivity index (χ0v) is 13.8. The van der Waals surface area contributed by atoms with E-state index in [9.17, 15) is 24.0 Å². The second kappa shape index (κ2) is 7.75. The minimum Gasteiger partial charge on any atom is -0.444 e. The summed E-state index contributed by atoms with van der Waals surface area (Å²) >= 11 is 0. The summed E-state index contributed by atoms with van der Waals surface area (Å²) in [6.07, 6.45) is -1.40. The highest BCUT2D eigenvalue weighted by molar-refractivity contribution is 6.01. The Balaban J connectivity index is 2.74. The molecule has 0 radical (unpaired) electrons. The molecule has 1 fully saturated rings. The number of imide groups is 1.